The number of benzene rings is 2. The number of carbonyl (C=O) groups excluding carboxylic acids is 1. The second-order valence-corrected chi connectivity index (χ2v) is 13.3. The third-order valence-corrected chi connectivity index (χ3v) is 9.78. The van der Waals surface area contributed by atoms with E-state index in [1.165, 1.54) is 4.70 Å². The van der Waals surface area contributed by atoms with Gasteiger partial charge in [-0.1, -0.05) is 50.2 Å². The van der Waals surface area contributed by atoms with Gasteiger partial charge < -0.3 is 10.2 Å². The lowest BCUT2D eigenvalue weighted by Gasteiger charge is -2.37. The van der Waals surface area contributed by atoms with Gasteiger partial charge >= 0.3 is 0 Å². The molecule has 0 aliphatic carbocycles. The molecule has 3 aromatic rings. The zero-order chi connectivity index (χ0) is 28.2. The summed E-state index contributed by atoms with van der Waals surface area (Å²) < 4.78 is 42.1. The number of nitrogens with one attached hydrogen (secondary N) is 2. The second kappa shape index (κ2) is 12.8. The number of hydrogen-bond donors (Lipinski definition) is 2. The van der Waals surface area contributed by atoms with E-state index < -0.39 is 15.8 Å². The molecule has 0 spiro atoms. The molecule has 11 heteroatoms. The fourth-order valence-corrected chi connectivity index (χ4v) is 7.17. The monoisotopic (exact) mass is 592 g/mol. The van der Waals surface area contributed by atoms with Gasteiger partial charge in [-0.15, -0.1) is 11.3 Å². The van der Waals surface area contributed by atoms with E-state index in [1.807, 2.05) is 17.0 Å². The Balaban J connectivity index is 1.29. The third kappa shape index (κ3) is 7.58. The summed E-state index contributed by atoms with van der Waals surface area (Å²) >= 11 is 7.57. The zero-order valence-corrected chi connectivity index (χ0v) is 24.5. The first-order valence-electron chi connectivity index (χ1n) is 12.9. The summed E-state index contributed by atoms with van der Waals surface area (Å²) in [4.78, 5) is 18.4. The van der Waals surface area contributed by atoms with Crippen molar-refractivity contribution in [2.24, 2.45) is 5.92 Å². The summed E-state index contributed by atoms with van der Waals surface area (Å²) in [5.41, 5.74) is 0.752. The van der Waals surface area contributed by atoms with Gasteiger partial charge in [-0.25, -0.2) is 17.5 Å². The Labute approximate surface area is 238 Å². The lowest BCUT2D eigenvalue weighted by molar-refractivity contribution is -0.135. The Morgan fingerprint density at radius 2 is 1.85 bits per heavy atom. The zero-order valence-electron chi connectivity index (χ0n) is 22.1. The molecule has 1 fully saturated rings. The first kappa shape index (κ1) is 29.5. The Kier molecular flexibility index (Phi) is 9.66. The minimum Gasteiger partial charge on any atom is -0.373 e. The highest BCUT2D eigenvalue weighted by atomic mass is 35.5. The maximum atomic E-state index is 13.5. The van der Waals surface area contributed by atoms with Gasteiger partial charge in [0.2, 0.25) is 15.9 Å². The fraction of sp³-hybridized carbons (Fsp3) is 0.393. The smallest absolute Gasteiger partial charge is 0.245 e. The normalized spacial score (nSPS) is 15.6. The van der Waals surface area contributed by atoms with E-state index in [2.05, 4.69) is 53.6 Å². The standard InChI is InChI=1S/C28H34ClFN4O3S2/c1-19(2)16-24(32-20(3)26-17-21-6-4-5-7-25(21)38-26)28(35)34-14-12-33(13-15-34)11-10-31-39(36,37)27-9-8-22(30)18-23(27)29/h4-9,17-19,24,31-32H,3,10-16H2,1-2H3/t24-/m0/s1. The highest BCUT2D eigenvalue weighted by molar-refractivity contribution is 7.89. The van der Waals surface area contributed by atoms with Crippen LogP contribution < -0.4 is 10.0 Å². The van der Waals surface area contributed by atoms with Crippen LogP contribution >= 0.6 is 22.9 Å². The van der Waals surface area contributed by atoms with Crippen molar-refractivity contribution in [2.75, 3.05) is 39.3 Å². The minimum atomic E-state index is -3.85. The Bertz CT molecular complexity index is 1400. The molecule has 2 heterocycles. The van der Waals surface area contributed by atoms with Crippen molar-refractivity contribution in [1.82, 2.24) is 19.8 Å². The molecule has 1 aromatic heterocycles. The van der Waals surface area contributed by atoms with Gasteiger partial charge in [-0.3, -0.25) is 9.69 Å². The number of rotatable bonds is 11. The van der Waals surface area contributed by atoms with Crippen LogP contribution in [0.1, 0.15) is 25.1 Å². The topological polar surface area (TPSA) is 81.8 Å². The largest absolute Gasteiger partial charge is 0.373 e. The molecular weight excluding hydrogens is 559 g/mol. The van der Waals surface area contributed by atoms with E-state index in [0.29, 0.717) is 45.1 Å². The van der Waals surface area contributed by atoms with Crippen LogP contribution in [0.25, 0.3) is 15.8 Å². The molecule has 2 aromatic carbocycles. The Hall–Kier alpha value is -2.50. The van der Waals surface area contributed by atoms with Gasteiger partial charge in [0, 0.05) is 49.7 Å². The van der Waals surface area contributed by atoms with Crippen molar-refractivity contribution >= 4 is 54.7 Å². The maximum absolute atomic E-state index is 13.5. The van der Waals surface area contributed by atoms with Crippen molar-refractivity contribution in [3.63, 3.8) is 0 Å². The third-order valence-electron chi connectivity index (χ3n) is 6.66. The molecule has 1 atom stereocenters. The van der Waals surface area contributed by atoms with Crippen molar-refractivity contribution in [3.8, 4) is 0 Å². The molecule has 4 rings (SSSR count). The van der Waals surface area contributed by atoms with Crippen LogP contribution in [0.2, 0.25) is 5.02 Å². The van der Waals surface area contributed by atoms with Gasteiger partial charge in [0.05, 0.1) is 9.90 Å². The van der Waals surface area contributed by atoms with Crippen LogP contribution in [0.3, 0.4) is 0 Å². The molecule has 2 N–H and O–H groups in total. The molecule has 1 saturated heterocycles. The van der Waals surface area contributed by atoms with E-state index in [-0.39, 0.29) is 28.4 Å². The molecule has 0 radical (unpaired) electrons. The lowest BCUT2D eigenvalue weighted by Crippen LogP contribution is -2.54. The van der Waals surface area contributed by atoms with Gasteiger partial charge in [0.1, 0.15) is 16.8 Å². The van der Waals surface area contributed by atoms with Crippen LogP contribution in [0, 0.1) is 11.7 Å². The molecule has 0 saturated carbocycles. The van der Waals surface area contributed by atoms with Crippen molar-refractivity contribution in [1.29, 1.82) is 0 Å². The summed E-state index contributed by atoms with van der Waals surface area (Å²) in [6, 6.07) is 13.1. The average molecular weight is 593 g/mol. The highest BCUT2D eigenvalue weighted by Gasteiger charge is 2.29. The van der Waals surface area contributed by atoms with E-state index in [1.54, 1.807) is 11.3 Å². The first-order valence-corrected chi connectivity index (χ1v) is 15.6. The number of carbonyl (C=O) groups is 1. The number of hydrogen-bond acceptors (Lipinski definition) is 6. The first-order chi connectivity index (χ1) is 18.5. The van der Waals surface area contributed by atoms with Gasteiger partial charge in [-0.05, 0) is 48.1 Å². The molecule has 210 valence electrons. The van der Waals surface area contributed by atoms with Crippen molar-refractivity contribution in [3.05, 3.63) is 70.8 Å². The van der Waals surface area contributed by atoms with E-state index in [9.17, 15) is 17.6 Å². The number of fused-ring (bicyclic) bond motifs is 1. The number of halogens is 2. The molecule has 39 heavy (non-hydrogen) atoms. The predicted molar refractivity (Wildman–Crippen MR) is 157 cm³/mol. The Morgan fingerprint density at radius 3 is 2.51 bits per heavy atom. The minimum absolute atomic E-state index is 0.0530. The lowest BCUT2D eigenvalue weighted by atomic mass is 10.0. The predicted octanol–water partition coefficient (Wildman–Crippen LogP) is 4.79. The highest BCUT2D eigenvalue weighted by Crippen LogP contribution is 2.29. The van der Waals surface area contributed by atoms with E-state index in [4.69, 9.17) is 11.6 Å². The quantitative estimate of drug-likeness (QED) is 0.335. The number of piperazine rings is 1. The second-order valence-electron chi connectivity index (χ2n) is 10.1. The molecule has 0 bridgehead atoms. The molecular formula is C28H34ClFN4O3S2. The SMILES string of the molecule is C=C(N[C@@H](CC(C)C)C(=O)N1CCN(CCNS(=O)(=O)c2ccc(F)cc2Cl)CC1)c1cc2ccccc2s1. The summed E-state index contributed by atoms with van der Waals surface area (Å²) in [5, 5.41) is 4.41. The number of thiophene rings is 1. The Morgan fingerprint density at radius 1 is 1.13 bits per heavy atom. The summed E-state index contributed by atoms with van der Waals surface area (Å²) in [7, 11) is -3.85. The number of nitrogens with zero attached hydrogens (tertiary/aromatic N) is 2. The molecule has 1 aliphatic rings. The van der Waals surface area contributed by atoms with Gasteiger partial charge in [-0.2, -0.15) is 0 Å². The molecule has 0 unspecified atom stereocenters. The molecule has 7 nitrogen and oxygen atoms in total. The van der Waals surface area contributed by atoms with Crippen molar-refractivity contribution in [2.45, 2.75) is 31.2 Å². The summed E-state index contributed by atoms with van der Waals surface area (Å²) in [5.74, 6) is -0.218. The van der Waals surface area contributed by atoms with E-state index in [0.717, 1.165) is 34.2 Å². The van der Waals surface area contributed by atoms with Gasteiger partial charge in [0.15, 0.2) is 0 Å². The van der Waals surface area contributed by atoms with Crippen LogP contribution in [-0.2, 0) is 14.8 Å². The molecule has 1 amide bonds. The number of amides is 1. The average Bonchev–Trinajstić information content (AvgIpc) is 3.32. The summed E-state index contributed by atoms with van der Waals surface area (Å²) in [6.45, 7) is 11.5. The van der Waals surface area contributed by atoms with Gasteiger partial charge in [0.25, 0.3) is 0 Å². The van der Waals surface area contributed by atoms with Crippen LogP contribution in [-0.4, -0.2) is 69.4 Å². The number of sulfonamides is 1. The maximum Gasteiger partial charge on any atom is 0.245 e. The fourth-order valence-electron chi connectivity index (χ4n) is 4.63. The van der Waals surface area contributed by atoms with Crippen LogP contribution in [0.4, 0.5) is 4.39 Å². The van der Waals surface area contributed by atoms with Crippen LogP contribution in [0.15, 0.2) is 60.0 Å². The van der Waals surface area contributed by atoms with E-state index >= 15 is 0 Å². The molecule has 1 aliphatic heterocycles. The summed E-state index contributed by atoms with van der Waals surface area (Å²) in [6.07, 6.45) is 0.691. The van der Waals surface area contributed by atoms with Crippen molar-refractivity contribution < 1.29 is 17.6 Å². The van der Waals surface area contributed by atoms with Crippen LogP contribution in [0.5, 0.6) is 0 Å².